The number of carbonyl (C=O) groups excluding carboxylic acids is 1. The molecule has 0 saturated carbocycles. The second-order valence-corrected chi connectivity index (χ2v) is 4.28. The molecule has 0 atom stereocenters. The summed E-state index contributed by atoms with van der Waals surface area (Å²) in [6, 6.07) is 11.2. The van der Waals surface area contributed by atoms with Gasteiger partial charge >= 0.3 is 0 Å². The summed E-state index contributed by atoms with van der Waals surface area (Å²) in [6.07, 6.45) is 0. The minimum Gasteiger partial charge on any atom is -0.496 e. The minimum absolute atomic E-state index is 0.0230. The molecule has 0 aromatic heterocycles. The van der Waals surface area contributed by atoms with Crippen molar-refractivity contribution in [1.29, 1.82) is 0 Å². The van der Waals surface area contributed by atoms with E-state index in [1.54, 1.807) is 37.4 Å². The summed E-state index contributed by atoms with van der Waals surface area (Å²) in [5.41, 5.74) is 2.07. The maximum atomic E-state index is 13.0. The zero-order valence-corrected chi connectivity index (χ0v) is 11.4. The number of methoxy groups -OCH3 is 2. The van der Waals surface area contributed by atoms with Crippen molar-refractivity contribution >= 4 is 5.78 Å². The molecule has 0 aliphatic heterocycles. The molecule has 0 spiro atoms. The van der Waals surface area contributed by atoms with E-state index in [4.69, 9.17) is 9.47 Å². The number of rotatable bonds is 5. The number of halogens is 1. The Morgan fingerprint density at radius 1 is 1.10 bits per heavy atom. The summed E-state index contributed by atoms with van der Waals surface area (Å²) < 4.78 is 23.1. The Kier molecular flexibility index (Phi) is 4.48. The molecule has 3 nitrogen and oxygen atoms in total. The molecule has 0 saturated heterocycles. The van der Waals surface area contributed by atoms with Gasteiger partial charge < -0.3 is 9.47 Å². The average Bonchev–Trinajstić information content (AvgIpc) is 2.47. The van der Waals surface area contributed by atoms with Crippen molar-refractivity contribution in [2.24, 2.45) is 0 Å². The van der Waals surface area contributed by atoms with Crippen molar-refractivity contribution in [3.8, 4) is 16.9 Å². The Morgan fingerprint density at radius 2 is 1.80 bits per heavy atom. The monoisotopic (exact) mass is 274 g/mol. The third-order valence-corrected chi connectivity index (χ3v) is 2.95. The molecular formula is C16H15FO3. The maximum Gasteiger partial charge on any atom is 0.188 e. The zero-order chi connectivity index (χ0) is 14.5. The maximum absolute atomic E-state index is 13.0. The van der Waals surface area contributed by atoms with Crippen LogP contribution in [0, 0.1) is 5.82 Å². The van der Waals surface area contributed by atoms with E-state index < -0.39 is 0 Å². The fraction of sp³-hybridized carbons (Fsp3) is 0.188. The van der Waals surface area contributed by atoms with Gasteiger partial charge in [-0.2, -0.15) is 0 Å². The van der Waals surface area contributed by atoms with Gasteiger partial charge in [0.15, 0.2) is 5.78 Å². The predicted octanol–water partition coefficient (Wildman–Crippen LogP) is 3.33. The molecule has 20 heavy (non-hydrogen) atoms. The molecule has 0 fully saturated rings. The van der Waals surface area contributed by atoms with E-state index in [0.717, 1.165) is 11.1 Å². The van der Waals surface area contributed by atoms with Gasteiger partial charge in [0.1, 0.15) is 18.2 Å². The molecule has 0 aliphatic rings. The lowest BCUT2D eigenvalue weighted by Crippen LogP contribution is -2.07. The summed E-state index contributed by atoms with van der Waals surface area (Å²) in [7, 11) is 3.03. The van der Waals surface area contributed by atoms with Gasteiger partial charge in [-0.1, -0.05) is 12.1 Å². The molecule has 0 heterocycles. The van der Waals surface area contributed by atoms with Crippen molar-refractivity contribution in [3.05, 3.63) is 53.8 Å². The summed E-state index contributed by atoms with van der Waals surface area (Å²) in [4.78, 5) is 11.9. The molecule has 4 heteroatoms. The van der Waals surface area contributed by atoms with E-state index in [1.807, 2.05) is 0 Å². The number of Topliss-reactive ketones (excluding diaryl/α,β-unsaturated/α-hetero) is 1. The number of carbonyl (C=O) groups is 1. The first-order chi connectivity index (χ1) is 9.65. The Morgan fingerprint density at radius 3 is 2.40 bits per heavy atom. The summed E-state index contributed by atoms with van der Waals surface area (Å²) >= 11 is 0. The van der Waals surface area contributed by atoms with Gasteiger partial charge in [0.25, 0.3) is 0 Å². The highest BCUT2D eigenvalue weighted by Gasteiger charge is 2.11. The smallest absolute Gasteiger partial charge is 0.188 e. The van der Waals surface area contributed by atoms with Gasteiger partial charge in [-0.3, -0.25) is 4.79 Å². The molecule has 0 radical (unpaired) electrons. The lowest BCUT2D eigenvalue weighted by Gasteiger charge is -2.10. The number of ketones is 1. The van der Waals surface area contributed by atoms with Crippen molar-refractivity contribution in [1.82, 2.24) is 0 Å². The second kappa shape index (κ2) is 6.30. The third-order valence-electron chi connectivity index (χ3n) is 2.95. The summed E-state index contributed by atoms with van der Waals surface area (Å²) in [5, 5.41) is 0. The van der Waals surface area contributed by atoms with E-state index in [1.165, 1.54) is 19.2 Å². The topological polar surface area (TPSA) is 35.5 Å². The van der Waals surface area contributed by atoms with Crippen LogP contribution in [-0.4, -0.2) is 26.6 Å². The molecule has 0 unspecified atom stereocenters. The van der Waals surface area contributed by atoms with Crippen LogP contribution in [0.2, 0.25) is 0 Å². The van der Waals surface area contributed by atoms with Crippen LogP contribution in [0.1, 0.15) is 10.4 Å². The molecule has 2 aromatic rings. The summed E-state index contributed by atoms with van der Waals surface area (Å²) in [6.45, 7) is 0.0230. The Balaban J connectivity index is 2.46. The number of hydrogen-bond acceptors (Lipinski definition) is 3. The molecule has 0 aliphatic carbocycles. The lowest BCUT2D eigenvalue weighted by atomic mass is 10.00. The normalized spacial score (nSPS) is 10.3. The first-order valence-electron chi connectivity index (χ1n) is 6.12. The third kappa shape index (κ3) is 3.03. The van der Waals surface area contributed by atoms with E-state index in [0.29, 0.717) is 11.3 Å². The van der Waals surface area contributed by atoms with Crippen LogP contribution in [0.4, 0.5) is 4.39 Å². The fourth-order valence-electron chi connectivity index (χ4n) is 1.95. The highest BCUT2D eigenvalue weighted by atomic mass is 19.1. The van der Waals surface area contributed by atoms with Crippen molar-refractivity contribution in [2.75, 3.05) is 20.8 Å². The van der Waals surface area contributed by atoms with Crippen LogP contribution < -0.4 is 4.74 Å². The van der Waals surface area contributed by atoms with Gasteiger partial charge in [0.05, 0.1) is 7.11 Å². The van der Waals surface area contributed by atoms with Gasteiger partial charge in [-0.05, 0) is 35.9 Å². The van der Waals surface area contributed by atoms with E-state index >= 15 is 0 Å². The van der Waals surface area contributed by atoms with Crippen LogP contribution in [0.3, 0.4) is 0 Å². The molecule has 0 bridgehead atoms. The van der Waals surface area contributed by atoms with Crippen LogP contribution in [-0.2, 0) is 4.74 Å². The molecule has 0 N–H and O–H groups in total. The van der Waals surface area contributed by atoms with E-state index in [9.17, 15) is 9.18 Å². The molecular weight excluding hydrogens is 259 g/mol. The van der Waals surface area contributed by atoms with Crippen LogP contribution in [0.5, 0.6) is 5.75 Å². The van der Waals surface area contributed by atoms with Crippen LogP contribution in [0.25, 0.3) is 11.1 Å². The number of benzene rings is 2. The van der Waals surface area contributed by atoms with E-state index in [2.05, 4.69) is 0 Å². The van der Waals surface area contributed by atoms with Gasteiger partial charge in [-0.25, -0.2) is 4.39 Å². The molecule has 2 aromatic carbocycles. The van der Waals surface area contributed by atoms with Crippen molar-refractivity contribution in [2.45, 2.75) is 0 Å². The van der Waals surface area contributed by atoms with E-state index in [-0.39, 0.29) is 18.2 Å². The van der Waals surface area contributed by atoms with Crippen molar-refractivity contribution < 1.29 is 18.7 Å². The first kappa shape index (κ1) is 14.2. The first-order valence-corrected chi connectivity index (χ1v) is 6.12. The number of hydrogen-bond donors (Lipinski definition) is 0. The highest BCUT2D eigenvalue weighted by molar-refractivity contribution is 5.98. The van der Waals surface area contributed by atoms with Crippen LogP contribution >= 0.6 is 0 Å². The summed E-state index contributed by atoms with van der Waals surface area (Å²) in [5.74, 6) is 0.212. The minimum atomic E-state index is -0.306. The van der Waals surface area contributed by atoms with Gasteiger partial charge in [0, 0.05) is 18.2 Å². The Bertz CT molecular complexity index is 606. The van der Waals surface area contributed by atoms with Gasteiger partial charge in [-0.15, -0.1) is 0 Å². The second-order valence-electron chi connectivity index (χ2n) is 4.28. The SMILES string of the molecule is COCC(=O)c1ccc(OC)c(-c2ccc(F)cc2)c1. The molecule has 104 valence electrons. The Hall–Kier alpha value is -2.20. The largest absolute Gasteiger partial charge is 0.496 e. The number of ether oxygens (including phenoxy) is 2. The Labute approximate surface area is 117 Å². The average molecular weight is 274 g/mol. The highest BCUT2D eigenvalue weighted by Crippen LogP contribution is 2.31. The zero-order valence-electron chi connectivity index (χ0n) is 11.4. The fourth-order valence-corrected chi connectivity index (χ4v) is 1.95. The van der Waals surface area contributed by atoms with Crippen molar-refractivity contribution in [3.63, 3.8) is 0 Å². The lowest BCUT2D eigenvalue weighted by molar-refractivity contribution is 0.0848. The standard InChI is InChI=1S/C16H15FO3/c1-19-10-15(18)12-5-8-16(20-2)14(9-12)11-3-6-13(17)7-4-11/h3-9H,10H2,1-2H3. The van der Waals surface area contributed by atoms with Crippen LogP contribution in [0.15, 0.2) is 42.5 Å². The van der Waals surface area contributed by atoms with Gasteiger partial charge in [0.2, 0.25) is 0 Å². The molecule has 2 rings (SSSR count). The predicted molar refractivity (Wildman–Crippen MR) is 74.6 cm³/mol. The quantitative estimate of drug-likeness (QED) is 0.784. The molecule has 0 amide bonds.